The zero-order valence-electron chi connectivity index (χ0n) is 14.9. The first-order valence-electron chi connectivity index (χ1n) is 8.88. The third-order valence-corrected chi connectivity index (χ3v) is 7.06. The molecule has 5 nitrogen and oxygen atoms in total. The monoisotopic (exact) mass is 451 g/mol. The van der Waals surface area contributed by atoms with Crippen molar-refractivity contribution in [3.63, 3.8) is 0 Å². The highest BCUT2D eigenvalue weighted by atomic mass is 79.9. The van der Waals surface area contributed by atoms with Crippen LogP contribution in [0.5, 0.6) is 0 Å². The Labute approximate surface area is 168 Å². The number of carbonyl (C=O) groups is 1. The number of likely N-dealkylation sites (tertiary alicyclic amines) is 1. The summed E-state index contributed by atoms with van der Waals surface area (Å²) in [5, 5.41) is 0. The van der Waals surface area contributed by atoms with E-state index in [0.29, 0.717) is 30.8 Å². The summed E-state index contributed by atoms with van der Waals surface area (Å²) in [6.45, 7) is 1.29. The molecule has 144 valence electrons. The maximum absolute atomic E-state index is 12.6. The van der Waals surface area contributed by atoms with Crippen LogP contribution in [-0.2, 0) is 21.2 Å². The predicted molar refractivity (Wildman–Crippen MR) is 107 cm³/mol. The predicted octanol–water partition coefficient (Wildman–Crippen LogP) is 4.27. The van der Waals surface area contributed by atoms with Gasteiger partial charge in [0.05, 0.1) is 10.6 Å². The fourth-order valence-electron chi connectivity index (χ4n) is 3.16. The second-order valence-electron chi connectivity index (χ2n) is 6.71. The lowest BCUT2D eigenvalue weighted by Crippen LogP contribution is -2.40. The minimum Gasteiger partial charge on any atom is -0.445 e. The normalized spacial score (nSPS) is 15.5. The van der Waals surface area contributed by atoms with Gasteiger partial charge in [0.25, 0.3) is 0 Å². The first-order valence-corrected chi connectivity index (χ1v) is 11.3. The first-order chi connectivity index (χ1) is 12.9. The van der Waals surface area contributed by atoms with Gasteiger partial charge in [-0.25, -0.2) is 13.2 Å². The van der Waals surface area contributed by atoms with Crippen LogP contribution < -0.4 is 0 Å². The first kappa shape index (κ1) is 19.9. The summed E-state index contributed by atoms with van der Waals surface area (Å²) >= 11 is 3.31. The molecule has 2 aromatic carbocycles. The Bertz CT molecular complexity index is 878. The second-order valence-corrected chi connectivity index (χ2v) is 9.66. The van der Waals surface area contributed by atoms with Crippen molar-refractivity contribution in [3.8, 4) is 0 Å². The molecule has 2 aromatic rings. The summed E-state index contributed by atoms with van der Waals surface area (Å²) in [5.41, 5.74) is 0.945. The molecule has 1 heterocycles. The van der Waals surface area contributed by atoms with Gasteiger partial charge < -0.3 is 9.64 Å². The molecular weight excluding hydrogens is 430 g/mol. The van der Waals surface area contributed by atoms with E-state index in [1.807, 2.05) is 30.3 Å². The standard InChI is InChI=1S/C20H22BrNO4S/c21-18-7-4-8-19(13-18)27(24,25)15-17-9-11-22(12-10-17)20(23)26-14-16-5-2-1-3-6-16/h1-8,13,17H,9-12,14-15H2. The van der Waals surface area contributed by atoms with Crippen molar-refractivity contribution in [1.29, 1.82) is 0 Å². The Kier molecular flexibility index (Phi) is 6.55. The third kappa shape index (κ3) is 5.56. The molecule has 1 saturated heterocycles. The average molecular weight is 452 g/mol. The van der Waals surface area contributed by atoms with E-state index in [-0.39, 0.29) is 24.4 Å². The number of rotatable bonds is 5. The maximum Gasteiger partial charge on any atom is 0.410 e. The van der Waals surface area contributed by atoms with Gasteiger partial charge in [-0.2, -0.15) is 0 Å². The summed E-state index contributed by atoms with van der Waals surface area (Å²) in [6, 6.07) is 16.3. The number of benzene rings is 2. The van der Waals surface area contributed by atoms with Crippen molar-refractivity contribution in [2.24, 2.45) is 5.92 Å². The molecule has 0 spiro atoms. The van der Waals surface area contributed by atoms with Crippen LogP contribution in [0.25, 0.3) is 0 Å². The molecule has 0 atom stereocenters. The van der Waals surface area contributed by atoms with Gasteiger partial charge in [-0.05, 0) is 42.5 Å². The zero-order valence-corrected chi connectivity index (χ0v) is 17.3. The Morgan fingerprint density at radius 1 is 1.07 bits per heavy atom. The number of halogens is 1. The van der Waals surface area contributed by atoms with Gasteiger partial charge in [0.2, 0.25) is 0 Å². The van der Waals surface area contributed by atoms with E-state index >= 15 is 0 Å². The molecule has 1 amide bonds. The summed E-state index contributed by atoms with van der Waals surface area (Å²) in [7, 11) is -3.33. The highest BCUT2D eigenvalue weighted by Crippen LogP contribution is 2.24. The van der Waals surface area contributed by atoms with E-state index in [2.05, 4.69) is 15.9 Å². The summed E-state index contributed by atoms with van der Waals surface area (Å²) in [5.74, 6) is 0.156. The van der Waals surface area contributed by atoms with Crippen LogP contribution in [0.4, 0.5) is 4.79 Å². The van der Waals surface area contributed by atoms with Crippen LogP contribution in [0.3, 0.4) is 0 Å². The molecular formula is C20H22BrNO4S. The van der Waals surface area contributed by atoms with Crippen LogP contribution in [0.15, 0.2) is 64.0 Å². The lowest BCUT2D eigenvalue weighted by Gasteiger charge is -2.31. The number of amides is 1. The van der Waals surface area contributed by atoms with Crippen LogP contribution in [-0.4, -0.2) is 38.3 Å². The minimum absolute atomic E-state index is 0.0483. The lowest BCUT2D eigenvalue weighted by molar-refractivity contribution is 0.0839. The highest BCUT2D eigenvalue weighted by molar-refractivity contribution is 9.10. The summed E-state index contributed by atoms with van der Waals surface area (Å²) in [6.07, 6.45) is 0.980. The van der Waals surface area contributed by atoms with Crippen molar-refractivity contribution in [2.45, 2.75) is 24.3 Å². The molecule has 0 radical (unpaired) electrons. The summed E-state index contributed by atoms with van der Waals surface area (Å²) in [4.78, 5) is 14.2. The Morgan fingerprint density at radius 2 is 1.78 bits per heavy atom. The van der Waals surface area contributed by atoms with Gasteiger partial charge in [-0.1, -0.05) is 52.3 Å². The molecule has 0 N–H and O–H groups in total. The molecule has 0 aliphatic carbocycles. The molecule has 1 aliphatic rings. The smallest absolute Gasteiger partial charge is 0.410 e. The largest absolute Gasteiger partial charge is 0.445 e. The molecule has 1 aliphatic heterocycles. The number of nitrogens with zero attached hydrogens (tertiary/aromatic N) is 1. The van der Waals surface area contributed by atoms with Crippen molar-refractivity contribution >= 4 is 31.9 Å². The molecule has 3 rings (SSSR count). The van der Waals surface area contributed by atoms with E-state index in [1.54, 1.807) is 29.2 Å². The van der Waals surface area contributed by atoms with E-state index < -0.39 is 9.84 Å². The molecule has 0 unspecified atom stereocenters. The maximum atomic E-state index is 12.6. The molecule has 27 heavy (non-hydrogen) atoms. The van der Waals surface area contributed by atoms with Crippen molar-refractivity contribution < 1.29 is 17.9 Å². The quantitative estimate of drug-likeness (QED) is 0.680. The number of ether oxygens (including phenoxy) is 1. The van der Waals surface area contributed by atoms with Gasteiger partial charge in [-0.15, -0.1) is 0 Å². The van der Waals surface area contributed by atoms with Gasteiger partial charge in [0.15, 0.2) is 9.84 Å². The van der Waals surface area contributed by atoms with Crippen LogP contribution in [0, 0.1) is 5.92 Å². The highest BCUT2D eigenvalue weighted by Gasteiger charge is 2.28. The molecule has 0 saturated carbocycles. The number of piperidine rings is 1. The number of hydrogen-bond donors (Lipinski definition) is 0. The fraction of sp³-hybridized carbons (Fsp3) is 0.350. The van der Waals surface area contributed by atoms with Gasteiger partial charge in [0, 0.05) is 17.6 Å². The van der Waals surface area contributed by atoms with Gasteiger partial charge in [0.1, 0.15) is 6.61 Å². The Morgan fingerprint density at radius 3 is 2.44 bits per heavy atom. The molecule has 0 bridgehead atoms. The van der Waals surface area contributed by atoms with Crippen LogP contribution in [0.2, 0.25) is 0 Å². The fourth-order valence-corrected chi connectivity index (χ4v) is 5.45. The van der Waals surface area contributed by atoms with Gasteiger partial charge in [-0.3, -0.25) is 0 Å². The van der Waals surface area contributed by atoms with E-state index in [9.17, 15) is 13.2 Å². The Balaban J connectivity index is 1.49. The third-order valence-electron chi connectivity index (χ3n) is 4.69. The SMILES string of the molecule is O=C(OCc1ccccc1)N1CCC(CS(=O)(=O)c2cccc(Br)c2)CC1. The van der Waals surface area contributed by atoms with E-state index in [4.69, 9.17) is 4.74 Å². The number of hydrogen-bond acceptors (Lipinski definition) is 4. The topological polar surface area (TPSA) is 63.7 Å². The van der Waals surface area contributed by atoms with Crippen molar-refractivity contribution in [3.05, 3.63) is 64.6 Å². The molecule has 0 aromatic heterocycles. The zero-order chi connectivity index (χ0) is 19.3. The average Bonchev–Trinajstić information content (AvgIpc) is 2.67. The summed E-state index contributed by atoms with van der Waals surface area (Å²) < 4.78 is 31.3. The number of sulfone groups is 1. The van der Waals surface area contributed by atoms with Crippen molar-refractivity contribution in [1.82, 2.24) is 4.90 Å². The van der Waals surface area contributed by atoms with Crippen LogP contribution in [0.1, 0.15) is 18.4 Å². The lowest BCUT2D eigenvalue weighted by atomic mass is 9.99. The second kappa shape index (κ2) is 8.89. The van der Waals surface area contributed by atoms with Gasteiger partial charge >= 0.3 is 6.09 Å². The molecule has 7 heteroatoms. The minimum atomic E-state index is -3.33. The number of carbonyl (C=O) groups excluding carboxylic acids is 1. The van der Waals surface area contributed by atoms with Crippen LogP contribution >= 0.6 is 15.9 Å². The van der Waals surface area contributed by atoms with E-state index in [1.165, 1.54) is 0 Å². The Hall–Kier alpha value is -1.86. The molecule has 1 fully saturated rings. The van der Waals surface area contributed by atoms with Crippen molar-refractivity contribution in [2.75, 3.05) is 18.8 Å². The van der Waals surface area contributed by atoms with E-state index in [0.717, 1.165) is 10.0 Å².